The number of nitrogens with one attached hydrogen (secondary N) is 1. The van der Waals surface area contributed by atoms with Crippen LogP contribution >= 0.6 is 0 Å². The normalized spacial score (nSPS) is 22.9. The molecule has 0 spiro atoms. The van der Waals surface area contributed by atoms with Crippen LogP contribution in [-0.2, 0) is 0 Å². The summed E-state index contributed by atoms with van der Waals surface area (Å²) >= 11 is 0. The van der Waals surface area contributed by atoms with Crippen LogP contribution in [0.15, 0.2) is 12.1 Å². The van der Waals surface area contributed by atoms with Gasteiger partial charge >= 0.3 is 0 Å². The fourth-order valence-corrected chi connectivity index (χ4v) is 2.52. The van der Waals surface area contributed by atoms with E-state index in [2.05, 4.69) is 5.32 Å². The predicted molar refractivity (Wildman–Crippen MR) is 78.5 cm³/mol. The van der Waals surface area contributed by atoms with Crippen molar-refractivity contribution < 1.29 is 14.2 Å². The van der Waals surface area contributed by atoms with E-state index in [1.807, 2.05) is 13.8 Å². The van der Waals surface area contributed by atoms with Crippen LogP contribution in [0.1, 0.15) is 39.5 Å². The number of aliphatic hydroxyl groups excluding tert-OH is 1. The molecule has 0 aliphatic heterocycles. The fourth-order valence-electron chi connectivity index (χ4n) is 2.52. The molecule has 2 rings (SSSR count). The van der Waals surface area contributed by atoms with Crippen LogP contribution in [0.3, 0.4) is 0 Å². The van der Waals surface area contributed by atoms with E-state index in [0.29, 0.717) is 11.4 Å². The maximum atomic E-state index is 13.8. The highest BCUT2D eigenvalue weighted by atomic mass is 19.1. The second-order valence-electron chi connectivity index (χ2n) is 5.64. The molecule has 0 heterocycles. The summed E-state index contributed by atoms with van der Waals surface area (Å²) in [4.78, 5) is 0. The van der Waals surface area contributed by atoms with Gasteiger partial charge in [-0.2, -0.15) is 0 Å². The Kier molecular flexibility index (Phi) is 4.70. The predicted octanol–water partition coefficient (Wildman–Crippen LogP) is 2.91. The highest BCUT2D eigenvalue weighted by Gasteiger charge is 2.24. The number of benzene rings is 1. The van der Waals surface area contributed by atoms with Crippen LogP contribution in [-0.4, -0.2) is 23.4 Å². The molecule has 20 heavy (non-hydrogen) atoms. The van der Waals surface area contributed by atoms with Crippen molar-refractivity contribution in [2.75, 3.05) is 11.1 Å². The molecule has 2 atom stereocenters. The molecule has 0 radical (unpaired) electrons. The SMILES string of the molecule is CC(C)Oc1cc(NC2CCCCC2O)c(N)cc1F. The average Bonchev–Trinajstić information content (AvgIpc) is 2.37. The summed E-state index contributed by atoms with van der Waals surface area (Å²) in [6.07, 6.45) is 3.29. The van der Waals surface area contributed by atoms with Gasteiger partial charge in [-0.3, -0.25) is 0 Å². The lowest BCUT2D eigenvalue weighted by Gasteiger charge is -2.30. The number of anilines is 2. The van der Waals surface area contributed by atoms with E-state index in [9.17, 15) is 9.50 Å². The molecule has 0 amide bonds. The second-order valence-corrected chi connectivity index (χ2v) is 5.64. The van der Waals surface area contributed by atoms with Crippen molar-refractivity contribution in [1.29, 1.82) is 0 Å². The Hall–Kier alpha value is -1.49. The van der Waals surface area contributed by atoms with E-state index in [1.165, 1.54) is 6.07 Å². The maximum absolute atomic E-state index is 13.8. The van der Waals surface area contributed by atoms with Gasteiger partial charge in [0, 0.05) is 12.1 Å². The molecule has 1 aromatic carbocycles. The number of hydrogen-bond donors (Lipinski definition) is 3. The van der Waals surface area contributed by atoms with Crippen LogP contribution in [0.4, 0.5) is 15.8 Å². The van der Waals surface area contributed by atoms with Crippen LogP contribution in [0.2, 0.25) is 0 Å². The van der Waals surface area contributed by atoms with Gasteiger partial charge < -0.3 is 20.9 Å². The van der Waals surface area contributed by atoms with Crippen LogP contribution in [0.5, 0.6) is 5.75 Å². The number of halogens is 1. The van der Waals surface area contributed by atoms with Gasteiger partial charge in [-0.15, -0.1) is 0 Å². The van der Waals surface area contributed by atoms with E-state index in [1.54, 1.807) is 6.07 Å². The molecule has 5 heteroatoms. The fraction of sp³-hybridized carbons (Fsp3) is 0.600. The first-order valence-electron chi connectivity index (χ1n) is 7.17. The van der Waals surface area contributed by atoms with E-state index < -0.39 is 5.82 Å². The van der Waals surface area contributed by atoms with E-state index >= 15 is 0 Å². The van der Waals surface area contributed by atoms with Crippen molar-refractivity contribution in [3.63, 3.8) is 0 Å². The summed E-state index contributed by atoms with van der Waals surface area (Å²) in [5.74, 6) is -0.284. The van der Waals surface area contributed by atoms with Crippen molar-refractivity contribution in [2.45, 2.75) is 57.8 Å². The Labute approximate surface area is 119 Å². The van der Waals surface area contributed by atoms with Gasteiger partial charge in [0.15, 0.2) is 11.6 Å². The van der Waals surface area contributed by atoms with E-state index in [-0.39, 0.29) is 24.0 Å². The first kappa shape index (κ1) is 14.9. The Bertz CT molecular complexity index is 465. The molecule has 112 valence electrons. The maximum Gasteiger partial charge on any atom is 0.167 e. The largest absolute Gasteiger partial charge is 0.488 e. The highest BCUT2D eigenvalue weighted by molar-refractivity contribution is 5.69. The Morgan fingerprint density at radius 2 is 2.05 bits per heavy atom. The molecule has 0 aromatic heterocycles. The van der Waals surface area contributed by atoms with Gasteiger partial charge in [0.05, 0.1) is 29.6 Å². The zero-order chi connectivity index (χ0) is 14.7. The molecule has 1 aliphatic rings. The molecule has 0 bridgehead atoms. The lowest BCUT2D eigenvalue weighted by Crippen LogP contribution is -2.36. The number of aliphatic hydroxyl groups is 1. The third-order valence-electron chi connectivity index (χ3n) is 3.54. The van der Waals surface area contributed by atoms with Crippen molar-refractivity contribution >= 4 is 11.4 Å². The van der Waals surface area contributed by atoms with Gasteiger partial charge in [-0.1, -0.05) is 12.8 Å². The molecule has 2 unspecified atom stereocenters. The number of ether oxygens (including phenoxy) is 1. The summed E-state index contributed by atoms with van der Waals surface area (Å²) in [5, 5.41) is 13.2. The lowest BCUT2D eigenvalue weighted by molar-refractivity contribution is 0.116. The van der Waals surface area contributed by atoms with Gasteiger partial charge in [-0.25, -0.2) is 4.39 Å². The quantitative estimate of drug-likeness (QED) is 0.743. The summed E-state index contributed by atoms with van der Waals surface area (Å²) < 4.78 is 19.2. The summed E-state index contributed by atoms with van der Waals surface area (Å²) in [6, 6.07) is 2.80. The molecule has 1 saturated carbocycles. The molecule has 1 aliphatic carbocycles. The minimum absolute atomic E-state index is 0.0385. The Morgan fingerprint density at radius 3 is 2.70 bits per heavy atom. The van der Waals surface area contributed by atoms with Gasteiger partial charge in [0.25, 0.3) is 0 Å². The summed E-state index contributed by atoms with van der Waals surface area (Å²) in [7, 11) is 0. The molecular formula is C15H23FN2O2. The lowest BCUT2D eigenvalue weighted by atomic mass is 9.92. The van der Waals surface area contributed by atoms with Crippen LogP contribution in [0.25, 0.3) is 0 Å². The standard InChI is InChI=1S/C15H23FN2O2/c1-9(2)20-15-8-13(11(17)7-10(15)16)18-12-5-3-4-6-14(12)19/h7-9,12,14,18-19H,3-6,17H2,1-2H3. The third-order valence-corrected chi connectivity index (χ3v) is 3.54. The van der Waals surface area contributed by atoms with Crippen molar-refractivity contribution in [3.05, 3.63) is 17.9 Å². The topological polar surface area (TPSA) is 67.5 Å². The third kappa shape index (κ3) is 3.54. The number of rotatable bonds is 4. The van der Waals surface area contributed by atoms with Gasteiger partial charge in [-0.05, 0) is 26.7 Å². The van der Waals surface area contributed by atoms with E-state index in [4.69, 9.17) is 10.5 Å². The van der Waals surface area contributed by atoms with Crippen molar-refractivity contribution in [2.24, 2.45) is 0 Å². The Morgan fingerprint density at radius 1 is 1.35 bits per heavy atom. The average molecular weight is 282 g/mol. The molecule has 1 fully saturated rings. The molecule has 4 nitrogen and oxygen atoms in total. The molecule has 4 N–H and O–H groups in total. The highest BCUT2D eigenvalue weighted by Crippen LogP contribution is 2.31. The number of hydrogen-bond acceptors (Lipinski definition) is 4. The first-order valence-corrected chi connectivity index (χ1v) is 7.17. The number of nitrogen functional groups attached to an aromatic ring is 1. The summed E-state index contributed by atoms with van der Waals surface area (Å²) in [6.45, 7) is 3.68. The summed E-state index contributed by atoms with van der Waals surface area (Å²) in [5.41, 5.74) is 6.79. The zero-order valence-electron chi connectivity index (χ0n) is 12.0. The van der Waals surface area contributed by atoms with Crippen LogP contribution < -0.4 is 15.8 Å². The second kappa shape index (κ2) is 6.31. The molecule has 0 saturated heterocycles. The van der Waals surface area contributed by atoms with E-state index in [0.717, 1.165) is 25.7 Å². The van der Waals surface area contributed by atoms with Gasteiger partial charge in [0.2, 0.25) is 0 Å². The Balaban J connectivity index is 2.17. The van der Waals surface area contributed by atoms with Crippen molar-refractivity contribution in [3.8, 4) is 5.75 Å². The number of nitrogens with two attached hydrogens (primary N) is 1. The van der Waals surface area contributed by atoms with Gasteiger partial charge in [0.1, 0.15) is 0 Å². The minimum atomic E-state index is -0.467. The monoisotopic (exact) mass is 282 g/mol. The smallest absolute Gasteiger partial charge is 0.167 e. The zero-order valence-corrected chi connectivity index (χ0v) is 12.0. The minimum Gasteiger partial charge on any atom is -0.488 e. The molecular weight excluding hydrogens is 259 g/mol. The first-order chi connectivity index (χ1) is 9.47. The van der Waals surface area contributed by atoms with Crippen molar-refractivity contribution in [1.82, 2.24) is 0 Å². The molecule has 1 aromatic rings. The van der Waals surface area contributed by atoms with Crippen LogP contribution in [0, 0.1) is 5.82 Å².